The first-order valence-corrected chi connectivity index (χ1v) is 7.18. The van der Waals surface area contributed by atoms with Crippen molar-refractivity contribution in [2.75, 3.05) is 0 Å². The predicted octanol–water partition coefficient (Wildman–Crippen LogP) is 5.51. The Morgan fingerprint density at radius 1 is 1.00 bits per heavy atom. The topological polar surface area (TPSA) is 25.8 Å². The molecule has 0 N–H and O–H groups in total. The molecular formula is C14H6BrCl2FN2. The molecular weight excluding hydrogens is 366 g/mol. The van der Waals surface area contributed by atoms with Crippen LogP contribution in [-0.4, -0.2) is 9.97 Å². The molecule has 3 rings (SSSR count). The summed E-state index contributed by atoms with van der Waals surface area (Å²) in [6, 6.07) is 9.60. The summed E-state index contributed by atoms with van der Waals surface area (Å²) in [4.78, 5) is 8.57. The highest BCUT2D eigenvalue weighted by Crippen LogP contribution is 2.31. The lowest BCUT2D eigenvalue weighted by molar-refractivity contribution is 0.629. The Morgan fingerprint density at radius 3 is 2.55 bits per heavy atom. The Labute approximate surface area is 132 Å². The smallest absolute Gasteiger partial charge is 0.162 e. The van der Waals surface area contributed by atoms with Crippen molar-refractivity contribution in [2.24, 2.45) is 0 Å². The second kappa shape index (κ2) is 5.28. The molecule has 1 aromatic heterocycles. The molecule has 0 radical (unpaired) electrons. The molecule has 20 heavy (non-hydrogen) atoms. The number of nitrogens with zero attached hydrogens (tertiary/aromatic N) is 2. The van der Waals surface area contributed by atoms with Crippen LogP contribution in [0.15, 0.2) is 40.9 Å². The molecule has 2 nitrogen and oxygen atoms in total. The lowest BCUT2D eigenvalue weighted by Gasteiger charge is -2.06. The number of hydrogen-bond donors (Lipinski definition) is 0. The monoisotopic (exact) mass is 370 g/mol. The van der Waals surface area contributed by atoms with E-state index in [4.69, 9.17) is 23.2 Å². The fourth-order valence-electron chi connectivity index (χ4n) is 1.85. The van der Waals surface area contributed by atoms with Gasteiger partial charge in [-0.05, 0) is 36.4 Å². The molecule has 0 saturated carbocycles. The molecule has 0 spiro atoms. The Balaban J connectivity index is 2.24. The minimum atomic E-state index is -0.377. The maximum absolute atomic E-state index is 13.2. The van der Waals surface area contributed by atoms with Gasteiger partial charge in [0.15, 0.2) is 5.82 Å². The Kier molecular flexibility index (Phi) is 3.63. The molecule has 0 aliphatic rings. The summed E-state index contributed by atoms with van der Waals surface area (Å²) < 4.78 is 14.1. The third-order valence-electron chi connectivity index (χ3n) is 2.78. The van der Waals surface area contributed by atoms with Crippen molar-refractivity contribution in [1.29, 1.82) is 0 Å². The van der Waals surface area contributed by atoms with Gasteiger partial charge in [-0.15, -0.1) is 0 Å². The van der Waals surface area contributed by atoms with Gasteiger partial charge in [0.2, 0.25) is 0 Å². The Morgan fingerprint density at radius 2 is 1.80 bits per heavy atom. The highest BCUT2D eigenvalue weighted by atomic mass is 79.9. The lowest BCUT2D eigenvalue weighted by Crippen LogP contribution is -1.93. The van der Waals surface area contributed by atoms with Gasteiger partial charge in [-0.3, -0.25) is 0 Å². The first kappa shape index (κ1) is 13.7. The van der Waals surface area contributed by atoms with Gasteiger partial charge in [0.05, 0.1) is 10.5 Å². The summed E-state index contributed by atoms with van der Waals surface area (Å²) >= 11 is 15.6. The standard InChI is InChI=1S/C14H6BrCl2FN2/c15-7-1-3-9(11(16)5-7)14-19-12-4-2-8(18)6-10(12)13(17)20-14/h1-6H. The Hall–Kier alpha value is -1.23. The number of rotatable bonds is 1. The average Bonchev–Trinajstić information content (AvgIpc) is 2.39. The van der Waals surface area contributed by atoms with Crippen LogP contribution in [0.25, 0.3) is 22.3 Å². The first-order valence-electron chi connectivity index (χ1n) is 5.63. The van der Waals surface area contributed by atoms with E-state index in [1.54, 1.807) is 18.2 Å². The summed E-state index contributed by atoms with van der Waals surface area (Å²) in [5, 5.41) is 1.18. The summed E-state index contributed by atoms with van der Waals surface area (Å²) in [5.74, 6) is 0.0315. The third kappa shape index (κ3) is 2.51. The van der Waals surface area contributed by atoms with Gasteiger partial charge in [0.25, 0.3) is 0 Å². The molecule has 100 valence electrons. The lowest BCUT2D eigenvalue weighted by atomic mass is 10.2. The van der Waals surface area contributed by atoms with Gasteiger partial charge in [0, 0.05) is 15.4 Å². The zero-order valence-corrected chi connectivity index (χ0v) is 13.0. The van der Waals surface area contributed by atoms with Crippen LogP contribution in [0.1, 0.15) is 0 Å². The highest BCUT2D eigenvalue weighted by molar-refractivity contribution is 9.10. The molecule has 0 bridgehead atoms. The fourth-order valence-corrected chi connectivity index (χ4v) is 2.84. The maximum atomic E-state index is 13.2. The van der Waals surface area contributed by atoms with Crippen molar-refractivity contribution < 1.29 is 4.39 Å². The Bertz CT molecular complexity index is 824. The number of fused-ring (bicyclic) bond motifs is 1. The number of aromatic nitrogens is 2. The SMILES string of the molecule is Fc1ccc2nc(-c3ccc(Br)cc3Cl)nc(Cl)c2c1. The molecule has 1 heterocycles. The predicted molar refractivity (Wildman–Crippen MR) is 82.7 cm³/mol. The molecule has 6 heteroatoms. The van der Waals surface area contributed by atoms with Gasteiger partial charge in [0.1, 0.15) is 11.0 Å². The van der Waals surface area contributed by atoms with Crippen molar-refractivity contribution in [3.05, 3.63) is 56.9 Å². The second-order valence-electron chi connectivity index (χ2n) is 4.12. The van der Waals surface area contributed by atoms with Crippen LogP contribution in [-0.2, 0) is 0 Å². The van der Waals surface area contributed by atoms with E-state index in [1.807, 2.05) is 6.07 Å². The van der Waals surface area contributed by atoms with E-state index in [2.05, 4.69) is 25.9 Å². The summed E-state index contributed by atoms with van der Waals surface area (Å²) in [7, 11) is 0. The summed E-state index contributed by atoms with van der Waals surface area (Å²) in [6.45, 7) is 0. The van der Waals surface area contributed by atoms with Crippen LogP contribution in [0.5, 0.6) is 0 Å². The van der Waals surface area contributed by atoms with E-state index >= 15 is 0 Å². The quantitative estimate of drug-likeness (QED) is 0.527. The molecule has 0 amide bonds. The van der Waals surface area contributed by atoms with Gasteiger partial charge in [-0.2, -0.15) is 0 Å². The molecule has 0 unspecified atom stereocenters. The highest BCUT2D eigenvalue weighted by Gasteiger charge is 2.11. The van der Waals surface area contributed by atoms with Crippen LogP contribution < -0.4 is 0 Å². The molecule has 2 aromatic carbocycles. The first-order chi connectivity index (χ1) is 9.54. The normalized spacial score (nSPS) is 11.0. The van der Waals surface area contributed by atoms with Gasteiger partial charge < -0.3 is 0 Å². The van der Waals surface area contributed by atoms with E-state index in [1.165, 1.54) is 12.1 Å². The van der Waals surface area contributed by atoms with Crippen molar-refractivity contribution >= 4 is 50.0 Å². The molecule has 0 atom stereocenters. The number of hydrogen-bond acceptors (Lipinski definition) is 2. The van der Waals surface area contributed by atoms with Crippen molar-refractivity contribution in [3.63, 3.8) is 0 Å². The number of benzene rings is 2. The minimum absolute atomic E-state index is 0.198. The molecule has 0 fully saturated rings. The van der Waals surface area contributed by atoms with Crippen molar-refractivity contribution in [1.82, 2.24) is 9.97 Å². The maximum Gasteiger partial charge on any atom is 0.162 e. The number of halogens is 4. The van der Waals surface area contributed by atoms with Crippen LogP contribution in [0.3, 0.4) is 0 Å². The minimum Gasteiger partial charge on any atom is -0.228 e. The van der Waals surface area contributed by atoms with E-state index in [9.17, 15) is 4.39 Å². The molecule has 0 aliphatic heterocycles. The van der Waals surface area contributed by atoms with E-state index in [0.717, 1.165) is 4.47 Å². The van der Waals surface area contributed by atoms with E-state index in [-0.39, 0.29) is 11.0 Å². The summed E-state index contributed by atoms with van der Waals surface area (Å²) in [6.07, 6.45) is 0. The van der Waals surface area contributed by atoms with Crippen molar-refractivity contribution in [3.8, 4) is 11.4 Å². The zero-order valence-electron chi connectivity index (χ0n) is 9.87. The van der Waals surface area contributed by atoms with Gasteiger partial charge in [-0.1, -0.05) is 39.1 Å². The zero-order chi connectivity index (χ0) is 14.3. The van der Waals surface area contributed by atoms with E-state index < -0.39 is 0 Å². The molecule has 3 aromatic rings. The van der Waals surface area contributed by atoms with Gasteiger partial charge in [-0.25, -0.2) is 14.4 Å². The molecule has 0 saturated heterocycles. The van der Waals surface area contributed by atoms with E-state index in [0.29, 0.717) is 27.3 Å². The third-order valence-corrected chi connectivity index (χ3v) is 3.88. The van der Waals surface area contributed by atoms with Crippen LogP contribution in [0, 0.1) is 5.82 Å². The second-order valence-corrected chi connectivity index (χ2v) is 5.80. The average molecular weight is 372 g/mol. The van der Waals surface area contributed by atoms with Crippen molar-refractivity contribution in [2.45, 2.75) is 0 Å². The largest absolute Gasteiger partial charge is 0.228 e. The van der Waals surface area contributed by atoms with Crippen LogP contribution in [0.4, 0.5) is 4.39 Å². The van der Waals surface area contributed by atoms with Crippen LogP contribution >= 0.6 is 39.1 Å². The molecule has 0 aliphatic carbocycles. The van der Waals surface area contributed by atoms with Gasteiger partial charge >= 0.3 is 0 Å². The summed E-state index contributed by atoms with van der Waals surface area (Å²) in [5.41, 5.74) is 1.24. The fraction of sp³-hybridized carbons (Fsp3) is 0. The van der Waals surface area contributed by atoms with Crippen LogP contribution in [0.2, 0.25) is 10.2 Å².